The van der Waals surface area contributed by atoms with Gasteiger partial charge in [-0.2, -0.15) is 0 Å². The van der Waals surface area contributed by atoms with E-state index in [1.54, 1.807) is 19.2 Å². The first-order chi connectivity index (χ1) is 11.9. The SMILES string of the molecule is CCc1ccccc1CNC(=NC)NCc1ccc(S(C)(=O)=O)cc1. The monoisotopic (exact) mass is 359 g/mol. The van der Waals surface area contributed by atoms with Crippen molar-refractivity contribution in [1.82, 2.24) is 10.6 Å². The topological polar surface area (TPSA) is 70.6 Å². The molecule has 0 aliphatic rings. The minimum atomic E-state index is -3.16. The maximum absolute atomic E-state index is 11.5. The molecule has 134 valence electrons. The summed E-state index contributed by atoms with van der Waals surface area (Å²) in [6, 6.07) is 15.2. The molecule has 2 rings (SSSR count). The lowest BCUT2D eigenvalue weighted by Gasteiger charge is -2.14. The van der Waals surface area contributed by atoms with Crippen LogP contribution in [0, 0.1) is 0 Å². The Morgan fingerprint density at radius 3 is 2.12 bits per heavy atom. The fourth-order valence-electron chi connectivity index (χ4n) is 2.51. The molecule has 0 fully saturated rings. The molecule has 0 saturated carbocycles. The van der Waals surface area contributed by atoms with Crippen LogP contribution < -0.4 is 10.6 Å². The number of aryl methyl sites for hydroxylation is 1. The van der Waals surface area contributed by atoms with E-state index in [-0.39, 0.29) is 0 Å². The van der Waals surface area contributed by atoms with Crippen molar-refractivity contribution in [1.29, 1.82) is 0 Å². The maximum atomic E-state index is 11.5. The zero-order valence-corrected chi connectivity index (χ0v) is 15.7. The smallest absolute Gasteiger partial charge is 0.191 e. The van der Waals surface area contributed by atoms with Crippen LogP contribution in [-0.4, -0.2) is 27.7 Å². The van der Waals surface area contributed by atoms with Crippen molar-refractivity contribution in [3.63, 3.8) is 0 Å². The molecule has 0 aliphatic heterocycles. The molecule has 6 heteroatoms. The number of nitrogens with zero attached hydrogens (tertiary/aromatic N) is 1. The highest BCUT2D eigenvalue weighted by Gasteiger charge is 2.06. The Hall–Kier alpha value is -2.34. The van der Waals surface area contributed by atoms with E-state index < -0.39 is 9.84 Å². The number of hydrogen-bond acceptors (Lipinski definition) is 3. The van der Waals surface area contributed by atoms with Crippen LogP contribution in [-0.2, 0) is 29.3 Å². The van der Waals surface area contributed by atoms with Gasteiger partial charge in [0.1, 0.15) is 0 Å². The van der Waals surface area contributed by atoms with Gasteiger partial charge in [0, 0.05) is 26.4 Å². The Kier molecular flexibility index (Phi) is 6.58. The van der Waals surface area contributed by atoms with Crippen molar-refractivity contribution in [3.8, 4) is 0 Å². The van der Waals surface area contributed by atoms with Crippen LogP contribution in [0.3, 0.4) is 0 Å². The third kappa shape index (κ3) is 5.60. The second kappa shape index (κ2) is 8.67. The van der Waals surface area contributed by atoms with Gasteiger partial charge in [0.25, 0.3) is 0 Å². The Morgan fingerprint density at radius 1 is 0.960 bits per heavy atom. The predicted octanol–water partition coefficient (Wildman–Crippen LogP) is 2.52. The lowest BCUT2D eigenvalue weighted by atomic mass is 10.1. The molecule has 0 saturated heterocycles. The quantitative estimate of drug-likeness (QED) is 0.614. The summed E-state index contributed by atoms with van der Waals surface area (Å²) in [5.74, 6) is 0.707. The molecule has 0 heterocycles. The average Bonchev–Trinajstić information content (AvgIpc) is 2.61. The van der Waals surface area contributed by atoms with Crippen molar-refractivity contribution in [2.24, 2.45) is 4.99 Å². The number of hydrogen-bond donors (Lipinski definition) is 2. The maximum Gasteiger partial charge on any atom is 0.191 e. The van der Waals surface area contributed by atoms with Crippen LogP contribution in [0.2, 0.25) is 0 Å². The van der Waals surface area contributed by atoms with E-state index in [0.717, 1.165) is 12.0 Å². The summed E-state index contributed by atoms with van der Waals surface area (Å²) in [6.07, 6.45) is 2.21. The third-order valence-electron chi connectivity index (χ3n) is 3.98. The summed E-state index contributed by atoms with van der Waals surface area (Å²) in [4.78, 5) is 4.56. The van der Waals surface area contributed by atoms with Crippen LogP contribution in [0.25, 0.3) is 0 Å². The first-order valence-corrected chi connectivity index (χ1v) is 10.1. The van der Waals surface area contributed by atoms with Gasteiger partial charge < -0.3 is 10.6 Å². The molecule has 25 heavy (non-hydrogen) atoms. The molecule has 0 bridgehead atoms. The van der Waals surface area contributed by atoms with Gasteiger partial charge in [-0.25, -0.2) is 8.42 Å². The second-order valence-corrected chi connectivity index (χ2v) is 7.83. The lowest BCUT2D eigenvalue weighted by Crippen LogP contribution is -2.36. The van der Waals surface area contributed by atoms with Gasteiger partial charge in [-0.1, -0.05) is 43.3 Å². The minimum absolute atomic E-state index is 0.329. The predicted molar refractivity (Wildman–Crippen MR) is 102 cm³/mol. The zero-order chi connectivity index (χ0) is 18.3. The van der Waals surface area contributed by atoms with Crippen LogP contribution in [0.4, 0.5) is 0 Å². The Morgan fingerprint density at radius 2 is 1.56 bits per heavy atom. The summed E-state index contributed by atoms with van der Waals surface area (Å²) >= 11 is 0. The lowest BCUT2D eigenvalue weighted by molar-refractivity contribution is 0.602. The van der Waals surface area contributed by atoms with Crippen molar-refractivity contribution >= 4 is 15.8 Å². The van der Waals surface area contributed by atoms with Crippen molar-refractivity contribution in [3.05, 3.63) is 65.2 Å². The van der Waals surface area contributed by atoms with E-state index >= 15 is 0 Å². The molecule has 0 unspecified atom stereocenters. The van der Waals surface area contributed by atoms with E-state index in [4.69, 9.17) is 0 Å². The Labute approximate surface area is 150 Å². The van der Waals surface area contributed by atoms with Gasteiger partial charge in [-0.05, 0) is 35.2 Å². The van der Waals surface area contributed by atoms with E-state index in [9.17, 15) is 8.42 Å². The molecule has 0 aliphatic carbocycles. The van der Waals surface area contributed by atoms with Crippen molar-refractivity contribution < 1.29 is 8.42 Å². The van der Waals surface area contributed by atoms with Crippen LogP contribution in [0.5, 0.6) is 0 Å². The van der Waals surface area contributed by atoms with Crippen molar-refractivity contribution in [2.75, 3.05) is 13.3 Å². The zero-order valence-electron chi connectivity index (χ0n) is 14.9. The molecule has 5 nitrogen and oxygen atoms in total. The molecular formula is C19H25N3O2S. The molecule has 2 aromatic carbocycles. The van der Waals surface area contributed by atoms with E-state index in [1.807, 2.05) is 18.2 Å². The summed E-state index contributed by atoms with van der Waals surface area (Å²) in [5, 5.41) is 6.55. The highest BCUT2D eigenvalue weighted by atomic mass is 32.2. The third-order valence-corrected chi connectivity index (χ3v) is 5.11. The van der Waals surface area contributed by atoms with Gasteiger partial charge in [0.05, 0.1) is 4.90 Å². The van der Waals surface area contributed by atoms with Gasteiger partial charge in [0.15, 0.2) is 15.8 Å². The van der Waals surface area contributed by atoms with Crippen LogP contribution in [0.1, 0.15) is 23.6 Å². The number of aliphatic imine (C=N–C) groups is 1. The highest BCUT2D eigenvalue weighted by Crippen LogP contribution is 2.10. The number of rotatable bonds is 6. The minimum Gasteiger partial charge on any atom is -0.352 e. The second-order valence-electron chi connectivity index (χ2n) is 5.82. The first-order valence-electron chi connectivity index (χ1n) is 8.24. The molecule has 0 radical (unpaired) electrons. The number of sulfone groups is 1. The fraction of sp³-hybridized carbons (Fsp3) is 0.316. The normalized spacial score (nSPS) is 12.0. The highest BCUT2D eigenvalue weighted by molar-refractivity contribution is 7.90. The van der Waals surface area contributed by atoms with Gasteiger partial charge in [0.2, 0.25) is 0 Å². The number of nitrogens with one attached hydrogen (secondary N) is 2. The van der Waals surface area contributed by atoms with Gasteiger partial charge in [-0.3, -0.25) is 4.99 Å². The summed E-state index contributed by atoms with van der Waals surface area (Å²) in [6.45, 7) is 3.42. The van der Waals surface area contributed by atoms with E-state index in [1.165, 1.54) is 17.4 Å². The largest absolute Gasteiger partial charge is 0.352 e. The van der Waals surface area contributed by atoms with Crippen LogP contribution >= 0.6 is 0 Å². The molecule has 0 spiro atoms. The van der Waals surface area contributed by atoms with Gasteiger partial charge in [-0.15, -0.1) is 0 Å². The average molecular weight is 359 g/mol. The summed E-state index contributed by atoms with van der Waals surface area (Å²) in [7, 11) is -1.43. The Balaban J connectivity index is 1.92. The number of guanidine groups is 1. The van der Waals surface area contributed by atoms with E-state index in [2.05, 4.69) is 40.7 Å². The first kappa shape index (κ1) is 19.0. The molecular weight excluding hydrogens is 334 g/mol. The number of benzene rings is 2. The summed E-state index contributed by atoms with van der Waals surface area (Å²) < 4.78 is 23.0. The molecule has 0 atom stereocenters. The van der Waals surface area contributed by atoms with E-state index in [0.29, 0.717) is 23.9 Å². The van der Waals surface area contributed by atoms with Gasteiger partial charge >= 0.3 is 0 Å². The standard InChI is InChI=1S/C19H25N3O2S/c1-4-16-7-5-6-8-17(16)14-22-19(20-2)21-13-15-9-11-18(12-10-15)25(3,23)24/h5-12H,4,13-14H2,1-3H3,(H2,20,21,22). The fourth-order valence-corrected chi connectivity index (χ4v) is 3.15. The molecule has 2 N–H and O–H groups in total. The molecule has 0 aromatic heterocycles. The summed E-state index contributed by atoms with van der Waals surface area (Å²) in [5.41, 5.74) is 3.57. The van der Waals surface area contributed by atoms with Crippen LogP contribution in [0.15, 0.2) is 58.4 Å². The Bertz CT molecular complexity index is 828. The molecule has 0 amide bonds. The van der Waals surface area contributed by atoms with Crippen molar-refractivity contribution in [2.45, 2.75) is 31.3 Å². The molecule has 2 aromatic rings.